The van der Waals surface area contributed by atoms with Gasteiger partial charge in [-0.15, -0.1) is 0 Å². The van der Waals surface area contributed by atoms with Gasteiger partial charge in [-0.05, 0) is 68.7 Å². The summed E-state index contributed by atoms with van der Waals surface area (Å²) in [5.41, 5.74) is 1.12. The van der Waals surface area contributed by atoms with Crippen molar-refractivity contribution in [2.75, 3.05) is 28.6 Å². The zero-order valence-corrected chi connectivity index (χ0v) is 18.1. The van der Waals surface area contributed by atoms with Gasteiger partial charge in [0.25, 0.3) is 5.91 Å². The maximum atomic E-state index is 12.9. The molecule has 0 aliphatic carbocycles. The zero-order valence-electron chi connectivity index (χ0n) is 18.1. The Hall–Kier alpha value is -3.62. The number of rotatable bonds is 5. The van der Waals surface area contributed by atoms with Gasteiger partial charge in [0.1, 0.15) is 5.82 Å². The highest BCUT2D eigenvalue weighted by atomic mass is 19.4. The molecule has 33 heavy (non-hydrogen) atoms. The van der Waals surface area contributed by atoms with Crippen LogP contribution >= 0.6 is 0 Å². The van der Waals surface area contributed by atoms with Gasteiger partial charge in [0.15, 0.2) is 0 Å². The summed E-state index contributed by atoms with van der Waals surface area (Å²) in [7, 11) is 0. The van der Waals surface area contributed by atoms with E-state index < -0.39 is 17.6 Å². The second-order valence-corrected chi connectivity index (χ2v) is 7.97. The topological polar surface area (TPSA) is 70.2 Å². The highest BCUT2D eigenvalue weighted by molar-refractivity contribution is 6.04. The van der Waals surface area contributed by atoms with Gasteiger partial charge in [0.2, 0.25) is 5.95 Å². The standard InChI is InChI=1S/C24H24F3N5O/c1-16-14-21(32-12-3-2-4-13-32)31-23(28-16)30-20-10-8-19(9-11-20)29-22(33)17-6-5-7-18(15-17)24(25,26)27/h5-11,14-15H,2-4,12-13H2,1H3,(H,29,33)(H,28,30,31). The number of carbonyl (C=O) groups is 1. The minimum atomic E-state index is -4.50. The molecular weight excluding hydrogens is 431 g/mol. The summed E-state index contributed by atoms with van der Waals surface area (Å²) in [6, 6.07) is 13.1. The van der Waals surface area contributed by atoms with Crippen LogP contribution in [0.4, 0.5) is 36.3 Å². The summed E-state index contributed by atoms with van der Waals surface area (Å²) in [6.45, 7) is 3.89. The number of nitrogens with one attached hydrogen (secondary N) is 2. The van der Waals surface area contributed by atoms with Crippen LogP contribution in [0.1, 0.15) is 40.9 Å². The average Bonchev–Trinajstić information content (AvgIpc) is 2.80. The molecule has 0 radical (unpaired) electrons. The van der Waals surface area contributed by atoms with Gasteiger partial charge in [-0.1, -0.05) is 6.07 Å². The predicted octanol–water partition coefficient (Wildman–Crippen LogP) is 5.79. The lowest BCUT2D eigenvalue weighted by molar-refractivity contribution is -0.137. The number of anilines is 4. The molecule has 1 saturated heterocycles. The molecule has 1 aromatic heterocycles. The number of piperidine rings is 1. The van der Waals surface area contributed by atoms with E-state index in [1.807, 2.05) is 13.0 Å². The van der Waals surface area contributed by atoms with E-state index >= 15 is 0 Å². The number of nitrogens with zero attached hydrogens (tertiary/aromatic N) is 3. The summed E-state index contributed by atoms with van der Waals surface area (Å²) in [5, 5.41) is 5.79. The van der Waals surface area contributed by atoms with Crippen LogP contribution in [0.3, 0.4) is 0 Å². The first-order valence-corrected chi connectivity index (χ1v) is 10.7. The van der Waals surface area contributed by atoms with Crippen LogP contribution in [0.15, 0.2) is 54.6 Å². The van der Waals surface area contributed by atoms with Crippen molar-refractivity contribution in [3.05, 3.63) is 71.4 Å². The number of halogens is 3. The molecule has 2 heterocycles. The summed E-state index contributed by atoms with van der Waals surface area (Å²) in [5.74, 6) is 0.765. The molecule has 1 fully saturated rings. The van der Waals surface area contributed by atoms with Crippen molar-refractivity contribution in [2.24, 2.45) is 0 Å². The van der Waals surface area contributed by atoms with E-state index in [1.54, 1.807) is 24.3 Å². The molecule has 0 bridgehead atoms. The number of hydrogen-bond donors (Lipinski definition) is 2. The van der Waals surface area contributed by atoms with Gasteiger partial charge < -0.3 is 15.5 Å². The third-order valence-electron chi connectivity index (χ3n) is 5.37. The van der Waals surface area contributed by atoms with Gasteiger partial charge in [-0.2, -0.15) is 18.2 Å². The first-order chi connectivity index (χ1) is 15.8. The summed E-state index contributed by atoms with van der Waals surface area (Å²) in [4.78, 5) is 23.7. The molecule has 2 aromatic carbocycles. The number of hydrogen-bond acceptors (Lipinski definition) is 5. The van der Waals surface area contributed by atoms with Gasteiger partial charge in [-0.3, -0.25) is 4.79 Å². The second-order valence-electron chi connectivity index (χ2n) is 7.97. The summed E-state index contributed by atoms with van der Waals surface area (Å²) >= 11 is 0. The Kier molecular flexibility index (Phi) is 6.48. The molecule has 172 valence electrons. The van der Waals surface area contributed by atoms with Gasteiger partial charge in [0.05, 0.1) is 5.56 Å². The van der Waals surface area contributed by atoms with E-state index in [2.05, 4.69) is 25.5 Å². The van der Waals surface area contributed by atoms with E-state index in [9.17, 15) is 18.0 Å². The normalized spacial score (nSPS) is 14.1. The Balaban J connectivity index is 1.43. The molecule has 2 N–H and O–H groups in total. The summed E-state index contributed by atoms with van der Waals surface area (Å²) in [6.07, 6.45) is -0.962. The molecule has 9 heteroatoms. The van der Waals surface area contributed by atoms with Crippen LogP contribution in [0.2, 0.25) is 0 Å². The molecular formula is C24H24F3N5O. The quantitative estimate of drug-likeness (QED) is 0.510. The number of alkyl halides is 3. The highest BCUT2D eigenvalue weighted by Crippen LogP contribution is 2.30. The maximum Gasteiger partial charge on any atom is 0.416 e. The van der Waals surface area contributed by atoms with E-state index in [4.69, 9.17) is 0 Å². The number of benzene rings is 2. The number of carbonyl (C=O) groups excluding carboxylic acids is 1. The minimum absolute atomic E-state index is 0.0644. The van der Waals surface area contributed by atoms with Crippen molar-refractivity contribution in [3.8, 4) is 0 Å². The predicted molar refractivity (Wildman–Crippen MR) is 122 cm³/mol. The second kappa shape index (κ2) is 9.48. The molecule has 0 unspecified atom stereocenters. The molecule has 0 atom stereocenters. The molecule has 1 amide bonds. The summed E-state index contributed by atoms with van der Waals surface area (Å²) < 4.78 is 38.7. The fourth-order valence-corrected chi connectivity index (χ4v) is 3.70. The largest absolute Gasteiger partial charge is 0.416 e. The van der Waals surface area contributed by atoms with Crippen LogP contribution in [0.25, 0.3) is 0 Å². The molecule has 0 spiro atoms. The van der Waals surface area contributed by atoms with E-state index in [-0.39, 0.29) is 5.56 Å². The maximum absolute atomic E-state index is 12.9. The third-order valence-corrected chi connectivity index (χ3v) is 5.37. The number of aromatic nitrogens is 2. The van der Waals surface area contributed by atoms with Crippen molar-refractivity contribution < 1.29 is 18.0 Å². The lowest BCUT2D eigenvalue weighted by atomic mass is 10.1. The first-order valence-electron chi connectivity index (χ1n) is 10.7. The van der Waals surface area contributed by atoms with Gasteiger partial charge >= 0.3 is 6.18 Å². The lowest BCUT2D eigenvalue weighted by Gasteiger charge is -2.28. The smallest absolute Gasteiger partial charge is 0.356 e. The van der Waals surface area contributed by atoms with Crippen molar-refractivity contribution in [1.82, 2.24) is 9.97 Å². The SMILES string of the molecule is Cc1cc(N2CCCCC2)nc(Nc2ccc(NC(=O)c3cccc(C(F)(F)F)c3)cc2)n1. The Bertz CT molecular complexity index is 1130. The molecule has 0 saturated carbocycles. The Morgan fingerprint density at radius 2 is 1.64 bits per heavy atom. The van der Waals surface area contributed by atoms with Crippen LogP contribution in [0.5, 0.6) is 0 Å². The fourth-order valence-electron chi connectivity index (χ4n) is 3.70. The Morgan fingerprint density at radius 1 is 0.939 bits per heavy atom. The van der Waals surface area contributed by atoms with Crippen LogP contribution in [-0.4, -0.2) is 29.0 Å². The molecule has 4 rings (SSSR count). The van der Waals surface area contributed by atoms with Crippen LogP contribution in [0, 0.1) is 6.92 Å². The van der Waals surface area contributed by atoms with E-state index in [1.165, 1.54) is 18.6 Å². The van der Waals surface area contributed by atoms with Crippen molar-refractivity contribution in [1.29, 1.82) is 0 Å². The zero-order chi connectivity index (χ0) is 23.4. The monoisotopic (exact) mass is 455 g/mol. The first kappa shape index (κ1) is 22.6. The van der Waals surface area contributed by atoms with Crippen LogP contribution < -0.4 is 15.5 Å². The van der Waals surface area contributed by atoms with Gasteiger partial charge in [-0.25, -0.2) is 4.98 Å². The molecule has 1 aliphatic heterocycles. The Morgan fingerprint density at radius 3 is 2.33 bits per heavy atom. The minimum Gasteiger partial charge on any atom is -0.356 e. The Labute approximate surface area is 189 Å². The van der Waals surface area contributed by atoms with Crippen molar-refractivity contribution in [3.63, 3.8) is 0 Å². The fraction of sp³-hybridized carbons (Fsp3) is 0.292. The molecule has 6 nitrogen and oxygen atoms in total. The average molecular weight is 455 g/mol. The van der Waals surface area contributed by atoms with Crippen molar-refractivity contribution >= 4 is 29.0 Å². The number of amides is 1. The van der Waals surface area contributed by atoms with Crippen LogP contribution in [-0.2, 0) is 6.18 Å². The highest BCUT2D eigenvalue weighted by Gasteiger charge is 2.30. The third kappa shape index (κ3) is 5.79. The van der Waals surface area contributed by atoms with E-state index in [0.717, 1.165) is 55.3 Å². The van der Waals surface area contributed by atoms with Crippen molar-refractivity contribution in [2.45, 2.75) is 32.4 Å². The molecule has 1 aliphatic rings. The number of aryl methyl sites for hydroxylation is 1. The lowest BCUT2D eigenvalue weighted by Crippen LogP contribution is -2.30. The van der Waals surface area contributed by atoms with Gasteiger partial charge in [0, 0.05) is 41.8 Å². The van der Waals surface area contributed by atoms with E-state index in [0.29, 0.717) is 11.6 Å². The molecule has 3 aromatic rings.